The van der Waals surface area contributed by atoms with E-state index in [9.17, 15) is 5.11 Å². The summed E-state index contributed by atoms with van der Waals surface area (Å²) in [5.41, 5.74) is 2.15. The van der Waals surface area contributed by atoms with Crippen LogP contribution in [0.1, 0.15) is 50.7 Å². The SMILES string of the molecule is C=C[C@@H](OCCCC)C1OCc2ccccc2COCC(O)[C@H]1OCCCC. The minimum atomic E-state index is -0.802. The number of hydrogen-bond donors (Lipinski definition) is 1. The molecule has 158 valence electrons. The Kier molecular flexibility index (Phi) is 10.8. The second-order valence-electron chi connectivity index (χ2n) is 7.24. The molecule has 1 N–H and O–H groups in total. The van der Waals surface area contributed by atoms with Crippen LogP contribution in [-0.4, -0.2) is 49.3 Å². The van der Waals surface area contributed by atoms with Crippen LogP contribution in [0.3, 0.4) is 0 Å². The summed E-state index contributed by atoms with van der Waals surface area (Å²) in [7, 11) is 0. The quantitative estimate of drug-likeness (QED) is 0.481. The normalized spacial score (nSPS) is 24.3. The molecule has 0 saturated heterocycles. The Bertz CT molecular complexity index is 562. The van der Waals surface area contributed by atoms with Gasteiger partial charge in [0.25, 0.3) is 0 Å². The summed E-state index contributed by atoms with van der Waals surface area (Å²) in [5.74, 6) is 0. The monoisotopic (exact) mass is 392 g/mol. The molecule has 0 fully saturated rings. The molecule has 0 amide bonds. The summed E-state index contributed by atoms with van der Waals surface area (Å²) >= 11 is 0. The maximum atomic E-state index is 10.8. The lowest BCUT2D eigenvalue weighted by Gasteiger charge is -2.35. The van der Waals surface area contributed by atoms with Crippen molar-refractivity contribution in [2.45, 2.75) is 77.2 Å². The van der Waals surface area contributed by atoms with Gasteiger partial charge in [-0.25, -0.2) is 0 Å². The molecule has 1 aromatic carbocycles. The predicted octanol–water partition coefficient (Wildman–Crippen LogP) is 4.02. The zero-order valence-corrected chi connectivity index (χ0v) is 17.3. The first kappa shape index (κ1) is 23.0. The molecular weight excluding hydrogens is 356 g/mol. The average molecular weight is 393 g/mol. The van der Waals surface area contributed by atoms with Gasteiger partial charge in [0.2, 0.25) is 0 Å². The third-order valence-corrected chi connectivity index (χ3v) is 4.97. The van der Waals surface area contributed by atoms with Crippen molar-refractivity contribution in [3.05, 3.63) is 48.0 Å². The van der Waals surface area contributed by atoms with Gasteiger partial charge in [0.05, 0.1) is 19.8 Å². The fourth-order valence-corrected chi connectivity index (χ4v) is 3.24. The number of aliphatic hydroxyl groups is 1. The number of rotatable bonds is 10. The van der Waals surface area contributed by atoms with Crippen LogP contribution in [0, 0.1) is 0 Å². The third kappa shape index (κ3) is 6.98. The Morgan fingerprint density at radius 3 is 2.50 bits per heavy atom. The van der Waals surface area contributed by atoms with Crippen LogP contribution < -0.4 is 0 Å². The van der Waals surface area contributed by atoms with Crippen LogP contribution in [0.2, 0.25) is 0 Å². The van der Waals surface area contributed by atoms with Gasteiger partial charge in [-0.1, -0.05) is 57.0 Å². The molecule has 1 aliphatic rings. The van der Waals surface area contributed by atoms with Gasteiger partial charge in [-0.15, -0.1) is 6.58 Å². The van der Waals surface area contributed by atoms with Crippen molar-refractivity contribution in [2.75, 3.05) is 19.8 Å². The Balaban J connectivity index is 2.23. The largest absolute Gasteiger partial charge is 0.388 e. The molecule has 4 atom stereocenters. The number of benzene rings is 1. The van der Waals surface area contributed by atoms with Crippen molar-refractivity contribution in [1.29, 1.82) is 0 Å². The van der Waals surface area contributed by atoms with Crippen LogP contribution in [0.4, 0.5) is 0 Å². The van der Waals surface area contributed by atoms with Gasteiger partial charge in [-0.2, -0.15) is 0 Å². The van der Waals surface area contributed by atoms with Crippen LogP contribution in [-0.2, 0) is 32.2 Å². The van der Waals surface area contributed by atoms with Gasteiger partial charge in [-0.05, 0) is 24.0 Å². The molecule has 0 bridgehead atoms. The molecule has 0 radical (unpaired) electrons. The van der Waals surface area contributed by atoms with E-state index in [0.29, 0.717) is 26.4 Å². The Morgan fingerprint density at radius 2 is 1.82 bits per heavy atom. The van der Waals surface area contributed by atoms with Crippen molar-refractivity contribution >= 4 is 0 Å². The van der Waals surface area contributed by atoms with E-state index < -0.39 is 18.3 Å². The van der Waals surface area contributed by atoms with Crippen LogP contribution >= 0.6 is 0 Å². The number of ether oxygens (including phenoxy) is 4. The molecule has 2 unspecified atom stereocenters. The number of aliphatic hydroxyl groups excluding tert-OH is 1. The molecule has 0 saturated carbocycles. The number of unbranched alkanes of at least 4 members (excludes halogenated alkanes) is 2. The van der Waals surface area contributed by atoms with E-state index in [1.807, 2.05) is 24.3 Å². The van der Waals surface area contributed by atoms with Crippen molar-refractivity contribution in [3.63, 3.8) is 0 Å². The fraction of sp³-hybridized carbons (Fsp3) is 0.652. The number of fused-ring (bicyclic) bond motifs is 1. The van der Waals surface area contributed by atoms with E-state index in [-0.39, 0.29) is 12.7 Å². The fourth-order valence-electron chi connectivity index (χ4n) is 3.24. The van der Waals surface area contributed by atoms with Gasteiger partial charge < -0.3 is 24.1 Å². The van der Waals surface area contributed by atoms with Gasteiger partial charge in [0.15, 0.2) is 0 Å². The molecule has 2 rings (SSSR count). The van der Waals surface area contributed by atoms with Crippen molar-refractivity contribution in [3.8, 4) is 0 Å². The lowest BCUT2D eigenvalue weighted by molar-refractivity contribution is -0.175. The van der Waals surface area contributed by atoms with E-state index in [1.165, 1.54) is 0 Å². The zero-order chi connectivity index (χ0) is 20.2. The van der Waals surface area contributed by atoms with Crippen LogP contribution in [0.15, 0.2) is 36.9 Å². The number of hydrogen-bond acceptors (Lipinski definition) is 5. The third-order valence-electron chi connectivity index (χ3n) is 4.97. The molecule has 28 heavy (non-hydrogen) atoms. The van der Waals surface area contributed by atoms with Crippen molar-refractivity contribution < 1.29 is 24.1 Å². The van der Waals surface area contributed by atoms with Gasteiger partial charge >= 0.3 is 0 Å². The van der Waals surface area contributed by atoms with Crippen molar-refractivity contribution in [1.82, 2.24) is 0 Å². The average Bonchev–Trinajstić information content (AvgIpc) is 2.71. The molecule has 5 nitrogen and oxygen atoms in total. The maximum Gasteiger partial charge on any atom is 0.116 e. The second-order valence-corrected chi connectivity index (χ2v) is 7.24. The molecule has 1 aromatic rings. The second kappa shape index (κ2) is 13.1. The smallest absolute Gasteiger partial charge is 0.116 e. The standard InChI is InChI=1S/C23H36O5/c1-4-7-13-26-21(6-3)23-22(27-14-8-5-2)20(24)17-25-15-18-11-9-10-12-19(18)16-28-23/h6,9-12,20-24H,3-5,7-8,13-17H2,1-2H3/t20?,21-,22-,23?/m1/s1. The predicted molar refractivity (Wildman–Crippen MR) is 110 cm³/mol. The summed E-state index contributed by atoms with van der Waals surface area (Å²) in [4.78, 5) is 0. The summed E-state index contributed by atoms with van der Waals surface area (Å²) in [5, 5.41) is 10.8. The molecule has 0 spiro atoms. The zero-order valence-electron chi connectivity index (χ0n) is 17.3. The topological polar surface area (TPSA) is 57.2 Å². The highest BCUT2D eigenvalue weighted by atomic mass is 16.6. The Labute approximate surface area is 169 Å². The molecule has 0 aromatic heterocycles. The van der Waals surface area contributed by atoms with Crippen LogP contribution in [0.5, 0.6) is 0 Å². The van der Waals surface area contributed by atoms with E-state index in [1.54, 1.807) is 6.08 Å². The molecule has 1 aliphatic heterocycles. The first-order valence-electron chi connectivity index (χ1n) is 10.5. The first-order valence-corrected chi connectivity index (χ1v) is 10.5. The summed E-state index contributed by atoms with van der Waals surface area (Å²) < 4.78 is 24.2. The van der Waals surface area contributed by atoms with E-state index in [2.05, 4.69) is 20.4 Å². The molecular formula is C23H36O5. The van der Waals surface area contributed by atoms with Crippen LogP contribution in [0.25, 0.3) is 0 Å². The molecule has 1 heterocycles. The van der Waals surface area contributed by atoms with E-state index in [4.69, 9.17) is 18.9 Å². The first-order chi connectivity index (χ1) is 13.7. The summed E-state index contributed by atoms with van der Waals surface area (Å²) in [6.07, 6.45) is 3.55. The molecule has 0 aliphatic carbocycles. The highest BCUT2D eigenvalue weighted by Gasteiger charge is 2.36. The highest BCUT2D eigenvalue weighted by molar-refractivity contribution is 5.26. The minimum Gasteiger partial charge on any atom is -0.388 e. The van der Waals surface area contributed by atoms with E-state index in [0.717, 1.165) is 36.8 Å². The summed E-state index contributed by atoms with van der Waals surface area (Å²) in [6, 6.07) is 8.05. The maximum absolute atomic E-state index is 10.8. The molecule has 5 heteroatoms. The van der Waals surface area contributed by atoms with Crippen molar-refractivity contribution in [2.24, 2.45) is 0 Å². The lowest BCUT2D eigenvalue weighted by atomic mass is 10.0. The summed E-state index contributed by atoms with van der Waals surface area (Å²) in [6.45, 7) is 10.4. The van der Waals surface area contributed by atoms with Gasteiger partial charge in [0.1, 0.15) is 24.4 Å². The van der Waals surface area contributed by atoms with E-state index >= 15 is 0 Å². The van der Waals surface area contributed by atoms with Gasteiger partial charge in [0, 0.05) is 13.2 Å². The van der Waals surface area contributed by atoms with Gasteiger partial charge in [-0.3, -0.25) is 0 Å². The highest BCUT2D eigenvalue weighted by Crippen LogP contribution is 2.23. The minimum absolute atomic E-state index is 0.184. The Morgan fingerprint density at radius 1 is 1.14 bits per heavy atom. The Hall–Kier alpha value is -1.24. The lowest BCUT2D eigenvalue weighted by Crippen LogP contribution is -2.50.